The lowest BCUT2D eigenvalue weighted by molar-refractivity contribution is 0.0591. The smallest absolute Gasteiger partial charge is 0.0468 e. The molecule has 1 saturated heterocycles. The summed E-state index contributed by atoms with van der Waals surface area (Å²) < 4.78 is 5.34. The van der Waals surface area contributed by atoms with Crippen molar-refractivity contribution in [3.8, 4) is 0 Å². The molecule has 0 aromatic carbocycles. The van der Waals surface area contributed by atoms with E-state index in [1.54, 1.807) is 0 Å². The SMILES string of the molecule is CCCC(CCl)CC1CCOCC1. The van der Waals surface area contributed by atoms with Gasteiger partial charge in [0.2, 0.25) is 0 Å². The largest absolute Gasteiger partial charge is 0.381 e. The van der Waals surface area contributed by atoms with Crippen LogP contribution in [-0.4, -0.2) is 19.1 Å². The molecule has 78 valence electrons. The molecular weight excluding hydrogens is 184 g/mol. The molecule has 1 nitrogen and oxygen atoms in total. The second-order valence-electron chi connectivity index (χ2n) is 4.10. The molecule has 0 aliphatic carbocycles. The Morgan fingerprint density at radius 2 is 2.08 bits per heavy atom. The molecule has 0 aromatic rings. The molecule has 1 rings (SSSR count). The van der Waals surface area contributed by atoms with E-state index in [4.69, 9.17) is 16.3 Å². The first kappa shape index (κ1) is 11.3. The third kappa shape index (κ3) is 4.33. The number of hydrogen-bond acceptors (Lipinski definition) is 1. The maximum absolute atomic E-state index is 5.93. The maximum atomic E-state index is 5.93. The van der Waals surface area contributed by atoms with Crippen LogP contribution in [0.25, 0.3) is 0 Å². The van der Waals surface area contributed by atoms with Gasteiger partial charge in [-0.2, -0.15) is 0 Å². The van der Waals surface area contributed by atoms with Crippen molar-refractivity contribution in [1.29, 1.82) is 0 Å². The predicted molar refractivity (Wildman–Crippen MR) is 57.3 cm³/mol. The molecule has 0 N–H and O–H groups in total. The number of halogens is 1. The summed E-state index contributed by atoms with van der Waals surface area (Å²) in [5.41, 5.74) is 0. The van der Waals surface area contributed by atoms with Crippen molar-refractivity contribution >= 4 is 11.6 Å². The first-order valence-corrected chi connectivity index (χ1v) is 6.04. The van der Waals surface area contributed by atoms with Crippen molar-refractivity contribution in [1.82, 2.24) is 0 Å². The number of alkyl halides is 1. The van der Waals surface area contributed by atoms with Crippen LogP contribution >= 0.6 is 11.6 Å². The van der Waals surface area contributed by atoms with Crippen LogP contribution in [0.15, 0.2) is 0 Å². The monoisotopic (exact) mass is 204 g/mol. The average molecular weight is 205 g/mol. The highest BCUT2D eigenvalue weighted by Crippen LogP contribution is 2.25. The lowest BCUT2D eigenvalue weighted by Gasteiger charge is -2.25. The van der Waals surface area contributed by atoms with Gasteiger partial charge in [-0.15, -0.1) is 11.6 Å². The van der Waals surface area contributed by atoms with Crippen LogP contribution in [0.4, 0.5) is 0 Å². The Kier molecular flexibility index (Phi) is 5.81. The van der Waals surface area contributed by atoms with E-state index in [1.807, 2.05) is 0 Å². The van der Waals surface area contributed by atoms with Crippen molar-refractivity contribution in [2.24, 2.45) is 11.8 Å². The van der Waals surface area contributed by atoms with E-state index >= 15 is 0 Å². The second-order valence-corrected chi connectivity index (χ2v) is 4.41. The molecule has 1 aliphatic heterocycles. The van der Waals surface area contributed by atoms with E-state index in [0.717, 1.165) is 30.9 Å². The first-order valence-electron chi connectivity index (χ1n) is 5.50. The van der Waals surface area contributed by atoms with Crippen LogP contribution in [0, 0.1) is 11.8 Å². The second kappa shape index (κ2) is 6.67. The Hall–Kier alpha value is 0.250. The molecule has 13 heavy (non-hydrogen) atoms. The Balaban J connectivity index is 2.18. The quantitative estimate of drug-likeness (QED) is 0.624. The summed E-state index contributed by atoms with van der Waals surface area (Å²) in [6.45, 7) is 4.17. The van der Waals surface area contributed by atoms with Crippen molar-refractivity contribution in [2.45, 2.75) is 39.0 Å². The summed E-state index contributed by atoms with van der Waals surface area (Å²) >= 11 is 5.93. The highest BCUT2D eigenvalue weighted by atomic mass is 35.5. The highest BCUT2D eigenvalue weighted by Gasteiger charge is 2.18. The van der Waals surface area contributed by atoms with E-state index in [9.17, 15) is 0 Å². The minimum atomic E-state index is 0.745. The molecule has 0 bridgehead atoms. The van der Waals surface area contributed by atoms with Gasteiger partial charge >= 0.3 is 0 Å². The normalized spacial score (nSPS) is 21.7. The summed E-state index contributed by atoms with van der Waals surface area (Å²) in [6, 6.07) is 0. The molecule has 2 heteroatoms. The molecule has 0 amide bonds. The van der Waals surface area contributed by atoms with Gasteiger partial charge in [0, 0.05) is 19.1 Å². The van der Waals surface area contributed by atoms with Gasteiger partial charge in [0.1, 0.15) is 0 Å². The summed E-state index contributed by atoms with van der Waals surface area (Å²) in [4.78, 5) is 0. The van der Waals surface area contributed by atoms with Gasteiger partial charge in [0.05, 0.1) is 0 Å². The number of ether oxygens (including phenoxy) is 1. The summed E-state index contributed by atoms with van der Waals surface area (Å²) in [6.07, 6.45) is 6.37. The van der Waals surface area contributed by atoms with E-state index < -0.39 is 0 Å². The van der Waals surface area contributed by atoms with Gasteiger partial charge in [0.25, 0.3) is 0 Å². The third-order valence-electron chi connectivity index (χ3n) is 2.92. The standard InChI is InChI=1S/C11H21ClO/c1-2-3-11(9-12)8-10-4-6-13-7-5-10/h10-11H,2-9H2,1H3. The molecule has 1 atom stereocenters. The minimum absolute atomic E-state index is 0.745. The molecule has 1 heterocycles. The van der Waals surface area contributed by atoms with Gasteiger partial charge < -0.3 is 4.74 Å². The van der Waals surface area contributed by atoms with Crippen molar-refractivity contribution in [3.63, 3.8) is 0 Å². The molecule has 0 spiro atoms. The zero-order valence-electron chi connectivity index (χ0n) is 8.60. The third-order valence-corrected chi connectivity index (χ3v) is 3.36. The van der Waals surface area contributed by atoms with Crippen LogP contribution in [0.3, 0.4) is 0 Å². The van der Waals surface area contributed by atoms with E-state index in [0.29, 0.717) is 0 Å². The molecule has 1 aliphatic rings. The average Bonchev–Trinajstić information content (AvgIpc) is 2.19. The lowest BCUT2D eigenvalue weighted by atomic mass is 9.88. The van der Waals surface area contributed by atoms with Crippen molar-refractivity contribution in [2.75, 3.05) is 19.1 Å². The van der Waals surface area contributed by atoms with Gasteiger partial charge in [-0.3, -0.25) is 0 Å². The fourth-order valence-electron chi connectivity index (χ4n) is 2.12. The molecule has 1 unspecified atom stereocenters. The number of rotatable bonds is 5. The summed E-state index contributed by atoms with van der Waals surface area (Å²) in [7, 11) is 0. The Morgan fingerprint density at radius 3 is 2.62 bits per heavy atom. The van der Waals surface area contributed by atoms with Crippen LogP contribution in [0.5, 0.6) is 0 Å². The Morgan fingerprint density at radius 1 is 1.38 bits per heavy atom. The van der Waals surface area contributed by atoms with Crippen molar-refractivity contribution in [3.05, 3.63) is 0 Å². The molecule has 1 fully saturated rings. The summed E-state index contributed by atoms with van der Waals surface area (Å²) in [5.74, 6) is 2.46. The van der Waals surface area contributed by atoms with Crippen molar-refractivity contribution < 1.29 is 4.74 Å². The predicted octanol–water partition coefficient (Wildman–Crippen LogP) is 3.46. The maximum Gasteiger partial charge on any atom is 0.0468 e. The molecule has 0 saturated carbocycles. The van der Waals surface area contributed by atoms with Crippen LogP contribution in [0.2, 0.25) is 0 Å². The van der Waals surface area contributed by atoms with Crippen LogP contribution in [0.1, 0.15) is 39.0 Å². The minimum Gasteiger partial charge on any atom is -0.381 e. The van der Waals surface area contributed by atoms with Gasteiger partial charge in [-0.25, -0.2) is 0 Å². The Labute approximate surface area is 86.8 Å². The van der Waals surface area contributed by atoms with Crippen LogP contribution < -0.4 is 0 Å². The molecular formula is C11H21ClO. The molecule has 0 radical (unpaired) electrons. The highest BCUT2D eigenvalue weighted by molar-refractivity contribution is 6.18. The fraction of sp³-hybridized carbons (Fsp3) is 1.00. The lowest BCUT2D eigenvalue weighted by Crippen LogP contribution is -2.19. The number of hydrogen-bond donors (Lipinski definition) is 0. The van der Waals surface area contributed by atoms with E-state index in [2.05, 4.69) is 6.92 Å². The molecule has 0 aromatic heterocycles. The topological polar surface area (TPSA) is 9.23 Å². The zero-order chi connectivity index (χ0) is 9.52. The van der Waals surface area contributed by atoms with Crippen LogP contribution in [-0.2, 0) is 4.74 Å². The first-order chi connectivity index (χ1) is 6.36. The van der Waals surface area contributed by atoms with Gasteiger partial charge in [-0.05, 0) is 37.5 Å². The van der Waals surface area contributed by atoms with Gasteiger partial charge in [-0.1, -0.05) is 13.3 Å². The zero-order valence-corrected chi connectivity index (χ0v) is 9.35. The van der Waals surface area contributed by atoms with E-state index in [-0.39, 0.29) is 0 Å². The summed E-state index contributed by atoms with van der Waals surface area (Å²) in [5, 5.41) is 0. The van der Waals surface area contributed by atoms with Gasteiger partial charge in [0.15, 0.2) is 0 Å². The fourth-order valence-corrected chi connectivity index (χ4v) is 2.40. The Bertz CT molecular complexity index is 119. The van der Waals surface area contributed by atoms with E-state index in [1.165, 1.54) is 32.1 Å².